The lowest BCUT2D eigenvalue weighted by Crippen LogP contribution is -2.30. The van der Waals surface area contributed by atoms with Gasteiger partial charge in [-0.15, -0.1) is 0 Å². The van der Waals surface area contributed by atoms with Gasteiger partial charge in [-0.2, -0.15) is 0 Å². The van der Waals surface area contributed by atoms with Crippen molar-refractivity contribution < 1.29 is 0 Å². The lowest BCUT2D eigenvalue weighted by molar-refractivity contribution is 0.310. The zero-order valence-electron chi connectivity index (χ0n) is 16.5. The van der Waals surface area contributed by atoms with Gasteiger partial charge in [-0.05, 0) is 41.7 Å². The molecule has 3 heteroatoms. The average Bonchev–Trinajstić information content (AvgIpc) is 3.13. The molecule has 0 spiro atoms. The molecular weight excluding hydrogens is 354 g/mol. The summed E-state index contributed by atoms with van der Waals surface area (Å²) in [5.41, 5.74) is 6.28. The highest BCUT2D eigenvalue weighted by Crippen LogP contribution is 2.36. The van der Waals surface area contributed by atoms with Gasteiger partial charge in [0.05, 0.1) is 11.8 Å². The molecule has 2 aromatic rings. The first-order valence-corrected chi connectivity index (χ1v) is 10.4. The Morgan fingerprint density at radius 1 is 1.03 bits per heavy atom. The van der Waals surface area contributed by atoms with Crippen LogP contribution in [0.15, 0.2) is 108 Å². The molecule has 0 amide bonds. The van der Waals surface area contributed by atoms with E-state index in [-0.39, 0.29) is 0 Å². The average molecular weight is 380 g/mol. The van der Waals surface area contributed by atoms with Crippen LogP contribution in [0.3, 0.4) is 0 Å². The van der Waals surface area contributed by atoms with E-state index in [4.69, 9.17) is 4.99 Å². The van der Waals surface area contributed by atoms with Crippen molar-refractivity contribution in [1.29, 1.82) is 0 Å². The summed E-state index contributed by atoms with van der Waals surface area (Å²) < 4.78 is 0. The summed E-state index contributed by atoms with van der Waals surface area (Å²) in [6, 6.07) is 15.2. The van der Waals surface area contributed by atoms with Gasteiger partial charge >= 0.3 is 0 Å². The molecule has 2 unspecified atom stereocenters. The molecule has 1 aromatic carbocycles. The van der Waals surface area contributed by atoms with Gasteiger partial charge in [0.2, 0.25) is 0 Å². The topological polar surface area (TPSA) is 28.5 Å². The highest BCUT2D eigenvalue weighted by molar-refractivity contribution is 6.13. The van der Waals surface area contributed by atoms with Gasteiger partial charge in [-0.25, -0.2) is 0 Å². The van der Waals surface area contributed by atoms with Crippen LogP contribution in [0.1, 0.15) is 24.0 Å². The smallest absolute Gasteiger partial charge is 0.0694 e. The Morgan fingerprint density at radius 3 is 2.79 bits per heavy atom. The number of hydrogen-bond donors (Lipinski definition) is 0. The second-order valence-electron chi connectivity index (χ2n) is 7.82. The fraction of sp³-hybridized carbons (Fsp3) is 0.231. The largest absolute Gasteiger partial charge is 0.366 e. The van der Waals surface area contributed by atoms with Crippen LogP contribution in [0.25, 0.3) is 0 Å². The van der Waals surface area contributed by atoms with Crippen molar-refractivity contribution in [2.45, 2.75) is 25.4 Å². The maximum absolute atomic E-state index is 4.85. The lowest BCUT2D eigenvalue weighted by atomic mass is 9.87. The quantitative estimate of drug-likeness (QED) is 0.739. The van der Waals surface area contributed by atoms with Crippen LogP contribution in [-0.2, 0) is 6.54 Å². The SMILES string of the molecule is C1=CC2C(/C=C3\CCCN=C3c3cccnc3)=CN(Cc3ccccc3)C2C=C1. The molecule has 0 N–H and O–H groups in total. The molecule has 1 aliphatic carbocycles. The third-order valence-electron chi connectivity index (χ3n) is 5.85. The first kappa shape index (κ1) is 17.9. The van der Waals surface area contributed by atoms with Crippen molar-refractivity contribution in [3.63, 3.8) is 0 Å². The Morgan fingerprint density at radius 2 is 1.93 bits per heavy atom. The van der Waals surface area contributed by atoms with Crippen LogP contribution in [0, 0.1) is 5.92 Å². The maximum atomic E-state index is 4.85. The molecule has 0 fully saturated rings. The van der Waals surface area contributed by atoms with E-state index in [2.05, 4.69) is 82.9 Å². The minimum Gasteiger partial charge on any atom is -0.366 e. The molecule has 144 valence electrons. The van der Waals surface area contributed by atoms with Crippen LogP contribution in [0.2, 0.25) is 0 Å². The second kappa shape index (κ2) is 8.04. The van der Waals surface area contributed by atoms with E-state index in [0.29, 0.717) is 12.0 Å². The van der Waals surface area contributed by atoms with Crippen LogP contribution in [0.4, 0.5) is 0 Å². The fourth-order valence-electron chi connectivity index (χ4n) is 4.46. The summed E-state index contributed by atoms with van der Waals surface area (Å²) in [5.74, 6) is 0.397. The minimum absolute atomic E-state index is 0.384. The van der Waals surface area contributed by atoms with Gasteiger partial charge in [0.1, 0.15) is 0 Å². The monoisotopic (exact) mass is 379 g/mol. The first-order valence-electron chi connectivity index (χ1n) is 10.4. The van der Waals surface area contributed by atoms with Crippen molar-refractivity contribution >= 4 is 5.71 Å². The Balaban J connectivity index is 1.47. The lowest BCUT2D eigenvalue weighted by Gasteiger charge is -2.28. The molecule has 2 aliphatic heterocycles. The molecule has 1 aromatic heterocycles. The normalized spacial score (nSPS) is 24.4. The Bertz CT molecular complexity index is 1010. The first-order chi connectivity index (χ1) is 14.4. The predicted octanol–water partition coefficient (Wildman–Crippen LogP) is 5.10. The number of allylic oxidation sites excluding steroid dienone is 4. The van der Waals surface area contributed by atoms with E-state index in [1.807, 2.05) is 18.5 Å². The summed E-state index contributed by atoms with van der Waals surface area (Å²) in [6.45, 7) is 1.83. The van der Waals surface area contributed by atoms with Crippen molar-refractivity contribution in [2.75, 3.05) is 6.54 Å². The third kappa shape index (κ3) is 3.73. The van der Waals surface area contributed by atoms with Crippen LogP contribution < -0.4 is 0 Å². The molecule has 3 nitrogen and oxygen atoms in total. The van der Waals surface area contributed by atoms with Crippen molar-refractivity contribution in [3.05, 3.63) is 114 Å². The number of fused-ring (bicyclic) bond motifs is 1. The molecule has 0 saturated heterocycles. The van der Waals surface area contributed by atoms with Gasteiger partial charge in [-0.3, -0.25) is 9.98 Å². The van der Waals surface area contributed by atoms with E-state index in [9.17, 15) is 0 Å². The fourth-order valence-corrected chi connectivity index (χ4v) is 4.46. The van der Waals surface area contributed by atoms with Gasteiger partial charge in [0.25, 0.3) is 0 Å². The predicted molar refractivity (Wildman–Crippen MR) is 119 cm³/mol. The number of nitrogens with zero attached hydrogens (tertiary/aromatic N) is 3. The van der Waals surface area contributed by atoms with Gasteiger partial charge in [0, 0.05) is 43.2 Å². The molecule has 0 radical (unpaired) electrons. The van der Waals surface area contributed by atoms with Crippen molar-refractivity contribution in [1.82, 2.24) is 9.88 Å². The summed E-state index contributed by atoms with van der Waals surface area (Å²) in [4.78, 5) is 11.6. The summed E-state index contributed by atoms with van der Waals surface area (Å²) >= 11 is 0. The molecular formula is C26H25N3. The van der Waals surface area contributed by atoms with Gasteiger partial charge in [0.15, 0.2) is 0 Å². The van der Waals surface area contributed by atoms with E-state index in [1.165, 1.54) is 16.7 Å². The Kier molecular flexibility index (Phi) is 4.95. The maximum Gasteiger partial charge on any atom is 0.0694 e. The van der Waals surface area contributed by atoms with E-state index in [0.717, 1.165) is 37.2 Å². The van der Waals surface area contributed by atoms with E-state index < -0.39 is 0 Å². The Labute approximate surface area is 172 Å². The summed E-state index contributed by atoms with van der Waals surface area (Å²) in [7, 11) is 0. The number of rotatable bonds is 4. The molecule has 5 rings (SSSR count). The Hall–Kier alpha value is -3.20. The number of hydrogen-bond acceptors (Lipinski definition) is 3. The zero-order chi connectivity index (χ0) is 19.5. The molecule has 3 heterocycles. The molecule has 0 bridgehead atoms. The molecule has 29 heavy (non-hydrogen) atoms. The molecule has 0 saturated carbocycles. The summed E-state index contributed by atoms with van der Waals surface area (Å²) in [6.07, 6.45) is 19.7. The third-order valence-corrected chi connectivity index (χ3v) is 5.85. The van der Waals surface area contributed by atoms with Crippen LogP contribution in [-0.4, -0.2) is 28.2 Å². The van der Waals surface area contributed by atoms with Crippen molar-refractivity contribution in [2.24, 2.45) is 10.9 Å². The van der Waals surface area contributed by atoms with E-state index in [1.54, 1.807) is 0 Å². The summed E-state index contributed by atoms with van der Waals surface area (Å²) in [5, 5.41) is 0. The number of benzene rings is 1. The standard InChI is InChI=1S/C26H25N3/c1-2-8-20(9-3-1)18-29-19-23(24-12-4-5-13-25(24)29)16-21-10-7-15-28-26(21)22-11-6-14-27-17-22/h1-6,8-9,11-14,16-17,19,24-25H,7,10,15,18H2/b21-16+. The van der Waals surface area contributed by atoms with Gasteiger partial charge < -0.3 is 4.90 Å². The highest BCUT2D eigenvalue weighted by Gasteiger charge is 2.32. The number of pyridine rings is 1. The highest BCUT2D eigenvalue weighted by atomic mass is 15.2. The van der Waals surface area contributed by atoms with Crippen LogP contribution in [0.5, 0.6) is 0 Å². The molecule has 3 aliphatic rings. The zero-order valence-corrected chi connectivity index (χ0v) is 16.5. The minimum atomic E-state index is 0.384. The number of aliphatic imine (C=N–C) groups is 1. The number of aromatic nitrogens is 1. The van der Waals surface area contributed by atoms with Crippen LogP contribution >= 0.6 is 0 Å². The molecule has 2 atom stereocenters. The van der Waals surface area contributed by atoms with Gasteiger partial charge in [-0.1, -0.05) is 60.7 Å². The van der Waals surface area contributed by atoms with Crippen molar-refractivity contribution in [3.8, 4) is 0 Å². The second-order valence-corrected chi connectivity index (χ2v) is 7.82. The van der Waals surface area contributed by atoms with E-state index >= 15 is 0 Å².